The largest absolute Gasteiger partial charge is 1.00 e. The summed E-state index contributed by atoms with van der Waals surface area (Å²) in [6.07, 6.45) is 22.1. The number of halogens is 1. The lowest BCUT2D eigenvalue weighted by atomic mass is 9.79. The van der Waals surface area contributed by atoms with Crippen molar-refractivity contribution in [3.05, 3.63) is 131 Å². The van der Waals surface area contributed by atoms with Crippen LogP contribution in [0.2, 0.25) is 0 Å². The minimum Gasteiger partial charge on any atom is -1.00 e. The molecule has 1 aliphatic carbocycles. The molecule has 0 bridgehead atoms. The second kappa shape index (κ2) is 14.2. The molecule has 2 heterocycles. The van der Waals surface area contributed by atoms with E-state index in [2.05, 4.69) is 154 Å². The molecule has 4 aromatic carbocycles. The van der Waals surface area contributed by atoms with E-state index in [1.165, 1.54) is 105 Å². The van der Waals surface area contributed by atoms with Crippen LogP contribution in [0.1, 0.15) is 97.1 Å². The molecule has 3 heteroatoms. The number of hydrogen-bond donors (Lipinski definition) is 0. The zero-order valence-corrected chi connectivity index (χ0v) is 31.2. The Bertz CT molecular complexity index is 2030. The van der Waals surface area contributed by atoms with Gasteiger partial charge in [-0.15, -0.1) is 0 Å². The summed E-state index contributed by atoms with van der Waals surface area (Å²) < 4.78 is 2.41. The van der Waals surface area contributed by atoms with Gasteiger partial charge in [0, 0.05) is 41.1 Å². The zero-order chi connectivity index (χ0) is 33.5. The number of allylic oxidation sites excluding steroid dienone is 8. The van der Waals surface area contributed by atoms with Gasteiger partial charge in [-0.1, -0.05) is 119 Å². The molecule has 2 aliphatic heterocycles. The highest BCUT2D eigenvalue weighted by molar-refractivity contribution is 6.07. The van der Waals surface area contributed by atoms with Gasteiger partial charge in [-0.3, -0.25) is 0 Å². The third kappa shape index (κ3) is 6.34. The van der Waals surface area contributed by atoms with Gasteiger partial charge in [0.1, 0.15) is 7.05 Å². The lowest BCUT2D eigenvalue weighted by molar-refractivity contribution is -0.401. The third-order valence-corrected chi connectivity index (χ3v) is 11.3. The van der Waals surface area contributed by atoms with E-state index in [4.69, 9.17) is 0 Å². The highest BCUT2D eigenvalue weighted by atomic mass is 35.5. The van der Waals surface area contributed by atoms with Gasteiger partial charge in [-0.2, -0.15) is 4.58 Å². The van der Waals surface area contributed by atoms with Crippen molar-refractivity contribution in [1.82, 2.24) is 0 Å². The second-order valence-electron chi connectivity index (χ2n) is 15.3. The minimum atomic E-state index is -0.0632. The number of nitrogens with zero attached hydrogens (tertiary/aromatic N) is 2. The fourth-order valence-electron chi connectivity index (χ4n) is 8.86. The number of rotatable bonds is 9. The van der Waals surface area contributed by atoms with Crippen LogP contribution in [-0.4, -0.2) is 23.9 Å². The van der Waals surface area contributed by atoms with Crippen molar-refractivity contribution in [2.75, 3.05) is 18.5 Å². The van der Waals surface area contributed by atoms with E-state index in [0.29, 0.717) is 0 Å². The first-order chi connectivity index (χ1) is 23.2. The van der Waals surface area contributed by atoms with E-state index in [-0.39, 0.29) is 23.2 Å². The van der Waals surface area contributed by atoms with E-state index < -0.39 is 0 Å². The number of anilines is 1. The predicted molar refractivity (Wildman–Crippen MR) is 208 cm³/mol. The van der Waals surface area contributed by atoms with E-state index >= 15 is 0 Å². The van der Waals surface area contributed by atoms with Gasteiger partial charge in [0.25, 0.3) is 0 Å². The van der Waals surface area contributed by atoms with Crippen molar-refractivity contribution in [3.63, 3.8) is 0 Å². The van der Waals surface area contributed by atoms with Crippen LogP contribution in [0.25, 0.3) is 21.5 Å². The van der Waals surface area contributed by atoms with Crippen molar-refractivity contribution in [3.8, 4) is 0 Å². The Morgan fingerprint density at radius 1 is 0.714 bits per heavy atom. The number of hydrogen-bond acceptors (Lipinski definition) is 1. The normalized spacial score (nSPS) is 19.6. The number of unbranched alkanes of at least 4 members (excludes halogenated alkanes) is 4. The topological polar surface area (TPSA) is 6.25 Å². The summed E-state index contributed by atoms with van der Waals surface area (Å²) in [6.45, 7) is 13.0. The monoisotopic (exact) mass is 668 g/mol. The van der Waals surface area contributed by atoms with Crippen LogP contribution in [0.3, 0.4) is 0 Å². The first-order valence-electron chi connectivity index (χ1n) is 18.4. The Morgan fingerprint density at radius 2 is 1.39 bits per heavy atom. The van der Waals surface area contributed by atoms with Crippen LogP contribution in [-0.2, 0) is 10.8 Å². The molecule has 0 saturated heterocycles. The first kappa shape index (κ1) is 35.0. The second-order valence-corrected chi connectivity index (χ2v) is 15.3. The molecule has 2 nitrogen and oxygen atoms in total. The summed E-state index contributed by atoms with van der Waals surface area (Å²) >= 11 is 0. The van der Waals surface area contributed by atoms with Gasteiger partial charge in [-0.25, -0.2) is 0 Å². The molecule has 0 aromatic heterocycles. The molecule has 0 radical (unpaired) electrons. The maximum absolute atomic E-state index is 2.65. The Kier molecular flexibility index (Phi) is 10.1. The van der Waals surface area contributed by atoms with Gasteiger partial charge in [0.05, 0.1) is 5.41 Å². The fraction of sp³-hybridized carbons (Fsp3) is 0.370. The van der Waals surface area contributed by atoms with Crippen LogP contribution in [0.15, 0.2) is 120 Å². The molecule has 4 aromatic rings. The summed E-state index contributed by atoms with van der Waals surface area (Å²) in [5, 5.41) is 5.41. The highest BCUT2D eigenvalue weighted by Crippen LogP contribution is 2.51. The van der Waals surface area contributed by atoms with E-state index in [1.807, 2.05) is 0 Å². The molecule has 0 saturated carbocycles. The van der Waals surface area contributed by atoms with Crippen molar-refractivity contribution in [2.45, 2.75) is 96.8 Å². The molecule has 254 valence electrons. The molecular formula is C46H53ClN2. The number of fused-ring (bicyclic) bond motifs is 6. The molecule has 0 amide bonds. The molecule has 0 unspecified atom stereocenters. The molecule has 0 atom stereocenters. The molecule has 49 heavy (non-hydrogen) atoms. The average Bonchev–Trinajstić information content (AvgIpc) is 3.43. The summed E-state index contributed by atoms with van der Waals surface area (Å²) in [5.41, 5.74) is 11.2. The maximum Gasteiger partial charge on any atom is 0.210 e. The van der Waals surface area contributed by atoms with Crippen LogP contribution < -0.4 is 17.3 Å². The van der Waals surface area contributed by atoms with Crippen molar-refractivity contribution < 1.29 is 17.0 Å². The Morgan fingerprint density at radius 3 is 2.12 bits per heavy atom. The summed E-state index contributed by atoms with van der Waals surface area (Å²) in [5.74, 6) is 0. The van der Waals surface area contributed by atoms with Gasteiger partial charge >= 0.3 is 0 Å². The lowest BCUT2D eigenvalue weighted by Crippen LogP contribution is -3.00. The highest BCUT2D eigenvalue weighted by Gasteiger charge is 2.44. The first-order valence-corrected chi connectivity index (χ1v) is 18.4. The van der Waals surface area contributed by atoms with E-state index in [9.17, 15) is 0 Å². The third-order valence-electron chi connectivity index (χ3n) is 11.3. The quantitative estimate of drug-likeness (QED) is 0.127. The zero-order valence-electron chi connectivity index (χ0n) is 30.5. The van der Waals surface area contributed by atoms with Crippen LogP contribution in [0.4, 0.5) is 11.4 Å². The smallest absolute Gasteiger partial charge is 0.210 e. The summed E-state index contributed by atoms with van der Waals surface area (Å²) in [6, 6.07) is 27.0. The maximum atomic E-state index is 2.65. The molecule has 0 N–H and O–H groups in total. The summed E-state index contributed by atoms with van der Waals surface area (Å²) in [7, 11) is 2.23. The van der Waals surface area contributed by atoms with Gasteiger partial charge in [-0.05, 0) is 96.0 Å². The van der Waals surface area contributed by atoms with Crippen molar-refractivity contribution >= 4 is 38.6 Å². The SMILES string of the molecule is CCCCCCCN1C(=CC=C2C=C(C=CC3=[N+](C)c4ccc5ccccc5c4C3(C)C)CCC2)C(C)(C)c2c1ccc1ccccc21.[Cl-]. The van der Waals surface area contributed by atoms with Crippen LogP contribution >= 0.6 is 0 Å². The van der Waals surface area contributed by atoms with Crippen molar-refractivity contribution in [2.24, 2.45) is 0 Å². The van der Waals surface area contributed by atoms with Crippen molar-refractivity contribution in [1.29, 1.82) is 0 Å². The lowest BCUT2D eigenvalue weighted by Gasteiger charge is -2.27. The Balaban J connectivity index is 0.00000417. The van der Waals surface area contributed by atoms with E-state index in [0.717, 1.165) is 19.4 Å². The Hall–Kier alpha value is -3.88. The molecular weight excluding hydrogens is 616 g/mol. The predicted octanol–water partition coefficient (Wildman–Crippen LogP) is 9.25. The van der Waals surface area contributed by atoms with E-state index in [1.54, 1.807) is 0 Å². The van der Waals surface area contributed by atoms with Crippen LogP contribution in [0, 0.1) is 0 Å². The summed E-state index contributed by atoms with van der Waals surface area (Å²) in [4.78, 5) is 2.65. The standard InChI is InChI=1S/C46H53N2.ClH/c1-7-8-9-10-15-31-48-40-28-26-36-20-12-14-22-38(36)44(40)46(4,5)42(48)30-24-34-18-16-17-33(32-34)23-29-41-45(2,3)43-37-21-13-11-19-35(37)25-27-39(43)47(41)6;/h11-14,19-30,32H,7-10,15-18,31H2,1-6H3;1H/q+1;/p-1. The molecule has 0 fully saturated rings. The minimum absolute atomic E-state index is 0. The molecule has 0 spiro atoms. The van der Waals surface area contributed by atoms with Gasteiger partial charge < -0.3 is 17.3 Å². The Labute approximate surface area is 301 Å². The molecule has 3 aliphatic rings. The van der Waals surface area contributed by atoms with Gasteiger partial charge in [0.2, 0.25) is 5.69 Å². The molecule has 7 rings (SSSR count). The van der Waals surface area contributed by atoms with Gasteiger partial charge in [0.15, 0.2) is 5.71 Å². The fourth-order valence-corrected chi connectivity index (χ4v) is 8.86. The number of benzene rings is 4. The van der Waals surface area contributed by atoms with Crippen LogP contribution in [0.5, 0.6) is 0 Å². The average molecular weight is 669 g/mol.